The van der Waals surface area contributed by atoms with Gasteiger partial charge in [-0.25, -0.2) is 11.4 Å². The molecule has 1 aromatic carbocycles. The Hall–Kier alpha value is -1.31. The Morgan fingerprint density at radius 1 is 1.08 bits per heavy atom. The van der Waals surface area contributed by atoms with E-state index in [1.165, 1.54) is 5.46 Å². The van der Waals surface area contributed by atoms with Crippen LogP contribution in [0.5, 0.6) is 0 Å². The molecule has 0 aliphatic heterocycles. The fourth-order valence-electron chi connectivity index (χ4n) is 1.52. The summed E-state index contributed by atoms with van der Waals surface area (Å²) in [7, 11) is 2.09. The Morgan fingerprint density at radius 2 is 1.83 bits per heavy atom. The molecule has 0 unspecified atom stereocenters. The quantitative estimate of drug-likeness (QED) is 0.595. The molecule has 0 saturated heterocycles. The van der Waals surface area contributed by atoms with Crippen LogP contribution in [0.15, 0.2) is 48.6 Å². The largest absolute Gasteiger partial charge is 0.563 e. The maximum atomic E-state index is 2.20. The Kier molecular flexibility index (Phi) is 1.82. The van der Waals surface area contributed by atoms with Gasteiger partial charge in [-0.1, -0.05) is 36.4 Å². The van der Waals surface area contributed by atoms with E-state index in [0.717, 1.165) is 0 Å². The fourth-order valence-corrected chi connectivity index (χ4v) is 1.52. The van der Waals surface area contributed by atoms with Gasteiger partial charge in [-0.05, 0) is 19.7 Å². The van der Waals surface area contributed by atoms with Gasteiger partial charge >= 0.3 is 0 Å². The van der Waals surface area contributed by atoms with E-state index in [4.69, 9.17) is 0 Å². The summed E-state index contributed by atoms with van der Waals surface area (Å²) in [6, 6.07) is 12.6. The van der Waals surface area contributed by atoms with Crippen LogP contribution in [0.4, 0.5) is 0 Å². The SMILES string of the molecule is Cn1ccc[b-]1-c1ccccc1. The molecule has 1 heterocycles. The van der Waals surface area contributed by atoms with Crippen LogP contribution in [0.1, 0.15) is 0 Å². The van der Waals surface area contributed by atoms with Gasteiger partial charge in [-0.15, -0.1) is 0 Å². The molecule has 0 aliphatic rings. The minimum absolute atomic E-state index is 0.436. The normalized spacial score (nSPS) is 10.1. The summed E-state index contributed by atoms with van der Waals surface area (Å²) in [5.41, 5.74) is 1.35. The van der Waals surface area contributed by atoms with E-state index in [0.29, 0.717) is 6.49 Å². The van der Waals surface area contributed by atoms with Crippen molar-refractivity contribution in [3.63, 3.8) is 0 Å². The van der Waals surface area contributed by atoms with Crippen molar-refractivity contribution in [3.8, 4) is 5.46 Å². The highest BCUT2D eigenvalue weighted by Gasteiger charge is 1.86. The molecule has 60 valence electrons. The van der Waals surface area contributed by atoms with Crippen LogP contribution < -0.4 is 0 Å². The zero-order valence-corrected chi connectivity index (χ0v) is 7.14. The number of nitrogens with zero attached hydrogens (tertiary/aromatic N) is 1. The molecule has 2 aromatic rings. The Labute approximate surface area is 72.7 Å². The topological polar surface area (TPSA) is 4.93 Å². The van der Waals surface area contributed by atoms with Gasteiger partial charge in [0.1, 0.15) is 0 Å². The van der Waals surface area contributed by atoms with E-state index >= 15 is 0 Å². The number of hydrogen-bond acceptors (Lipinski definition) is 0. The number of hydrogen-bond donors (Lipinski definition) is 0. The number of aryl methyl sites for hydroxylation is 1. The average Bonchev–Trinajstić information content (AvgIpc) is 2.53. The number of benzene rings is 1. The van der Waals surface area contributed by atoms with Gasteiger partial charge in [0.05, 0.1) is 0 Å². The lowest BCUT2D eigenvalue weighted by atomic mass is 9.70. The summed E-state index contributed by atoms with van der Waals surface area (Å²) < 4.78 is 2.20. The van der Waals surface area contributed by atoms with Gasteiger partial charge in [0.2, 0.25) is 0 Å². The van der Waals surface area contributed by atoms with E-state index in [9.17, 15) is 0 Å². The minimum atomic E-state index is 0.436. The molecule has 2 heteroatoms. The second-order valence-corrected chi connectivity index (χ2v) is 3.05. The molecule has 0 spiro atoms. The summed E-state index contributed by atoms with van der Waals surface area (Å²) in [5.74, 6) is 2.20. The van der Waals surface area contributed by atoms with Gasteiger partial charge < -0.3 is 4.47 Å². The van der Waals surface area contributed by atoms with E-state index in [2.05, 4.69) is 54.0 Å². The van der Waals surface area contributed by atoms with Crippen molar-refractivity contribution >= 4 is 6.49 Å². The lowest BCUT2D eigenvalue weighted by Gasteiger charge is -2.14. The van der Waals surface area contributed by atoms with Crippen molar-refractivity contribution in [1.29, 1.82) is 0 Å². The monoisotopic (exact) mass is 156 g/mol. The minimum Gasteiger partial charge on any atom is -0.563 e. The molecule has 12 heavy (non-hydrogen) atoms. The molecule has 0 bridgehead atoms. The summed E-state index contributed by atoms with van der Waals surface area (Å²) in [4.78, 5) is 0. The molecular formula is C10H11BN-. The lowest BCUT2D eigenvalue weighted by Crippen LogP contribution is -2.05. The predicted octanol–water partition coefficient (Wildman–Crippen LogP) is 2.04. The van der Waals surface area contributed by atoms with Gasteiger partial charge in [-0.2, -0.15) is 0 Å². The third kappa shape index (κ3) is 1.20. The summed E-state index contributed by atoms with van der Waals surface area (Å²) in [6.07, 6.45) is 2.09. The summed E-state index contributed by atoms with van der Waals surface area (Å²) in [5, 5.41) is 0. The van der Waals surface area contributed by atoms with Gasteiger partial charge in [0.25, 0.3) is 0 Å². The second-order valence-electron chi connectivity index (χ2n) is 3.05. The van der Waals surface area contributed by atoms with Crippen LogP contribution in [0, 0.1) is 0 Å². The van der Waals surface area contributed by atoms with E-state index < -0.39 is 0 Å². The third-order valence-electron chi connectivity index (χ3n) is 2.19. The predicted molar refractivity (Wildman–Crippen MR) is 52.7 cm³/mol. The van der Waals surface area contributed by atoms with E-state index in [-0.39, 0.29) is 0 Å². The molecular weight excluding hydrogens is 145 g/mol. The average molecular weight is 156 g/mol. The smallest absolute Gasteiger partial charge is 0.0185 e. The van der Waals surface area contributed by atoms with Crippen LogP contribution in [0.25, 0.3) is 5.46 Å². The van der Waals surface area contributed by atoms with Gasteiger partial charge in [-0.3, -0.25) is 0 Å². The maximum absolute atomic E-state index is 2.20. The van der Waals surface area contributed by atoms with Crippen molar-refractivity contribution in [2.75, 3.05) is 0 Å². The molecule has 2 rings (SSSR count). The molecule has 1 nitrogen and oxygen atoms in total. The third-order valence-corrected chi connectivity index (χ3v) is 2.19. The van der Waals surface area contributed by atoms with Crippen LogP contribution >= 0.6 is 0 Å². The van der Waals surface area contributed by atoms with Crippen molar-refractivity contribution in [3.05, 3.63) is 48.6 Å². The number of rotatable bonds is 1. The highest BCUT2D eigenvalue weighted by molar-refractivity contribution is 6.60. The molecule has 0 saturated carbocycles. The van der Waals surface area contributed by atoms with Crippen LogP contribution in [-0.4, -0.2) is 11.0 Å². The Balaban J connectivity index is 2.51. The zero-order chi connectivity index (χ0) is 8.39. The van der Waals surface area contributed by atoms with Gasteiger partial charge in [0.15, 0.2) is 0 Å². The first kappa shape index (κ1) is 7.35. The molecule has 0 atom stereocenters. The van der Waals surface area contributed by atoms with Gasteiger partial charge in [0, 0.05) is 0 Å². The second kappa shape index (κ2) is 2.98. The highest BCUT2D eigenvalue weighted by atomic mass is 14.8. The van der Waals surface area contributed by atoms with Crippen molar-refractivity contribution in [1.82, 2.24) is 4.47 Å². The number of aromatic nitrogens is 1. The van der Waals surface area contributed by atoms with Crippen molar-refractivity contribution in [2.45, 2.75) is 0 Å². The molecule has 0 aliphatic carbocycles. The fraction of sp³-hybridized carbons (Fsp3) is 0.100. The Morgan fingerprint density at radius 3 is 2.42 bits per heavy atom. The maximum Gasteiger partial charge on any atom is -0.0185 e. The van der Waals surface area contributed by atoms with Crippen LogP contribution in [0.2, 0.25) is 0 Å². The lowest BCUT2D eigenvalue weighted by molar-refractivity contribution is 1.01. The van der Waals surface area contributed by atoms with Crippen molar-refractivity contribution < 1.29 is 0 Å². The summed E-state index contributed by atoms with van der Waals surface area (Å²) >= 11 is 0. The first-order chi connectivity index (χ1) is 5.88. The Bertz CT molecular complexity index is 364. The molecule has 0 radical (unpaired) electrons. The molecule has 0 N–H and O–H groups in total. The first-order valence-corrected chi connectivity index (χ1v) is 4.16. The zero-order valence-electron chi connectivity index (χ0n) is 7.14. The molecule has 0 fully saturated rings. The van der Waals surface area contributed by atoms with Crippen LogP contribution in [0.3, 0.4) is 0 Å². The van der Waals surface area contributed by atoms with E-state index in [1.54, 1.807) is 0 Å². The van der Waals surface area contributed by atoms with E-state index in [1.807, 2.05) is 6.07 Å². The van der Waals surface area contributed by atoms with Crippen molar-refractivity contribution in [2.24, 2.45) is 7.05 Å². The molecule has 1 aromatic heterocycles. The highest BCUT2D eigenvalue weighted by Crippen LogP contribution is 2.04. The molecule has 0 amide bonds. The first-order valence-electron chi connectivity index (χ1n) is 4.16. The summed E-state index contributed by atoms with van der Waals surface area (Å²) in [6.45, 7) is 0.436. The standard InChI is InChI=1S/C10H11BN/c1-12-9-5-8-11(12)10-6-3-2-4-7-10/h2-9H,1H3/q-1. The van der Waals surface area contributed by atoms with Crippen LogP contribution in [-0.2, 0) is 7.05 Å².